The zero-order valence-corrected chi connectivity index (χ0v) is 11.6. The molecule has 5 heteroatoms. The Labute approximate surface area is 107 Å². The lowest BCUT2D eigenvalue weighted by Crippen LogP contribution is -2.35. The van der Waals surface area contributed by atoms with Gasteiger partial charge in [0.1, 0.15) is 16.1 Å². The molecule has 0 spiro atoms. The molecule has 0 amide bonds. The summed E-state index contributed by atoms with van der Waals surface area (Å²) in [7, 11) is 0. The van der Waals surface area contributed by atoms with E-state index in [1.165, 1.54) is 12.8 Å². The van der Waals surface area contributed by atoms with Crippen LogP contribution in [0.15, 0.2) is 0 Å². The summed E-state index contributed by atoms with van der Waals surface area (Å²) in [5, 5.41) is 14.0. The number of hydrogen-bond acceptors (Lipinski definition) is 5. The van der Waals surface area contributed by atoms with Crippen molar-refractivity contribution >= 4 is 11.3 Å². The molecule has 1 saturated heterocycles. The topological polar surface area (TPSA) is 47.0 Å². The molecule has 1 fully saturated rings. The summed E-state index contributed by atoms with van der Waals surface area (Å²) in [5.41, 5.74) is 0.118. The molecule has 0 saturated carbocycles. The van der Waals surface area contributed by atoms with Crippen molar-refractivity contribution < 1.29 is 4.74 Å². The predicted octanol–water partition coefficient (Wildman–Crippen LogP) is 2.67. The molecule has 1 N–H and O–H groups in total. The minimum Gasteiger partial charge on any atom is -0.371 e. The Morgan fingerprint density at radius 1 is 1.35 bits per heavy atom. The van der Waals surface area contributed by atoms with E-state index >= 15 is 0 Å². The molecule has 0 aliphatic carbocycles. The standard InChI is InChI=1S/C12H21N3OS/c1-12(2,3)13-8-10-14-15-11(17-10)9-6-4-5-7-16-9/h9,13H,4-8H2,1-3H3. The van der Waals surface area contributed by atoms with Crippen LogP contribution in [0.4, 0.5) is 0 Å². The fourth-order valence-corrected chi connectivity index (χ4v) is 2.61. The van der Waals surface area contributed by atoms with Crippen LogP contribution in [0.2, 0.25) is 0 Å². The molecule has 0 bridgehead atoms. The summed E-state index contributed by atoms with van der Waals surface area (Å²) >= 11 is 1.67. The van der Waals surface area contributed by atoms with E-state index in [0.717, 1.165) is 29.6 Å². The van der Waals surface area contributed by atoms with Crippen LogP contribution in [0.3, 0.4) is 0 Å². The van der Waals surface area contributed by atoms with Gasteiger partial charge in [-0.1, -0.05) is 11.3 Å². The number of aromatic nitrogens is 2. The van der Waals surface area contributed by atoms with Crippen LogP contribution in [-0.4, -0.2) is 22.3 Å². The lowest BCUT2D eigenvalue weighted by molar-refractivity contribution is 0.0144. The molecule has 1 aromatic heterocycles. The second kappa shape index (κ2) is 5.42. The van der Waals surface area contributed by atoms with Crippen LogP contribution in [0.1, 0.15) is 56.2 Å². The molecular weight excluding hydrogens is 234 g/mol. The zero-order chi connectivity index (χ0) is 12.3. The van der Waals surface area contributed by atoms with Gasteiger partial charge in [0.2, 0.25) is 0 Å². The van der Waals surface area contributed by atoms with E-state index in [4.69, 9.17) is 4.74 Å². The fraction of sp³-hybridized carbons (Fsp3) is 0.833. The smallest absolute Gasteiger partial charge is 0.146 e. The summed E-state index contributed by atoms with van der Waals surface area (Å²) in [6.07, 6.45) is 3.68. The highest BCUT2D eigenvalue weighted by Crippen LogP contribution is 2.29. The number of ether oxygens (including phenoxy) is 1. The van der Waals surface area contributed by atoms with Crippen LogP contribution < -0.4 is 5.32 Å². The first-order valence-electron chi connectivity index (χ1n) is 6.23. The monoisotopic (exact) mass is 255 g/mol. The molecule has 1 atom stereocenters. The average Bonchev–Trinajstić information content (AvgIpc) is 2.75. The SMILES string of the molecule is CC(C)(C)NCc1nnc(C2CCCCO2)s1. The van der Waals surface area contributed by atoms with E-state index in [9.17, 15) is 0 Å². The third-order valence-electron chi connectivity index (χ3n) is 2.71. The normalized spacial score (nSPS) is 21.7. The van der Waals surface area contributed by atoms with Gasteiger partial charge in [-0.25, -0.2) is 0 Å². The van der Waals surface area contributed by atoms with Gasteiger partial charge >= 0.3 is 0 Å². The van der Waals surface area contributed by atoms with Gasteiger partial charge in [-0.15, -0.1) is 10.2 Å². The summed E-state index contributed by atoms with van der Waals surface area (Å²) in [6.45, 7) is 8.10. The van der Waals surface area contributed by atoms with E-state index in [0.29, 0.717) is 0 Å². The molecule has 96 valence electrons. The Hall–Kier alpha value is -0.520. The fourth-order valence-electron chi connectivity index (χ4n) is 1.74. The number of nitrogens with zero attached hydrogens (tertiary/aromatic N) is 2. The van der Waals surface area contributed by atoms with Crippen LogP contribution in [0.5, 0.6) is 0 Å². The molecule has 0 radical (unpaired) electrons. The van der Waals surface area contributed by atoms with Crippen molar-refractivity contribution in [3.63, 3.8) is 0 Å². The van der Waals surface area contributed by atoms with Crippen molar-refractivity contribution in [3.8, 4) is 0 Å². The molecule has 0 aromatic carbocycles. The number of hydrogen-bond donors (Lipinski definition) is 1. The third kappa shape index (κ3) is 4.01. The second-order valence-electron chi connectivity index (χ2n) is 5.49. The van der Waals surface area contributed by atoms with Crippen molar-refractivity contribution in [1.29, 1.82) is 0 Å². The van der Waals surface area contributed by atoms with Gasteiger partial charge in [-0.05, 0) is 40.0 Å². The lowest BCUT2D eigenvalue weighted by Gasteiger charge is -2.20. The molecule has 2 rings (SSSR count). The minimum absolute atomic E-state index is 0.118. The van der Waals surface area contributed by atoms with Crippen molar-refractivity contribution in [2.24, 2.45) is 0 Å². The maximum absolute atomic E-state index is 5.71. The molecule has 2 heterocycles. The van der Waals surface area contributed by atoms with Crippen LogP contribution in [0, 0.1) is 0 Å². The zero-order valence-electron chi connectivity index (χ0n) is 10.8. The van der Waals surface area contributed by atoms with Crippen LogP contribution >= 0.6 is 11.3 Å². The van der Waals surface area contributed by atoms with Gasteiger partial charge in [0.15, 0.2) is 0 Å². The summed E-state index contributed by atoms with van der Waals surface area (Å²) in [6, 6.07) is 0. The first-order chi connectivity index (χ1) is 8.04. The van der Waals surface area contributed by atoms with E-state index in [2.05, 4.69) is 36.3 Å². The quantitative estimate of drug-likeness (QED) is 0.902. The van der Waals surface area contributed by atoms with Gasteiger partial charge in [0.25, 0.3) is 0 Å². The molecular formula is C12H21N3OS. The van der Waals surface area contributed by atoms with Crippen molar-refractivity contribution in [2.45, 2.75) is 58.2 Å². The lowest BCUT2D eigenvalue weighted by atomic mass is 10.1. The molecule has 17 heavy (non-hydrogen) atoms. The van der Waals surface area contributed by atoms with E-state index < -0.39 is 0 Å². The molecule has 4 nitrogen and oxygen atoms in total. The van der Waals surface area contributed by atoms with Gasteiger partial charge < -0.3 is 10.1 Å². The van der Waals surface area contributed by atoms with E-state index in [1.807, 2.05) is 0 Å². The van der Waals surface area contributed by atoms with Crippen molar-refractivity contribution in [2.75, 3.05) is 6.61 Å². The number of nitrogens with one attached hydrogen (secondary N) is 1. The largest absolute Gasteiger partial charge is 0.371 e. The Kier molecular flexibility index (Phi) is 4.12. The Morgan fingerprint density at radius 2 is 2.18 bits per heavy atom. The maximum Gasteiger partial charge on any atom is 0.146 e. The molecule has 1 aromatic rings. The highest BCUT2D eigenvalue weighted by atomic mass is 32.1. The van der Waals surface area contributed by atoms with E-state index in [-0.39, 0.29) is 11.6 Å². The van der Waals surface area contributed by atoms with Gasteiger partial charge in [0, 0.05) is 12.1 Å². The maximum atomic E-state index is 5.71. The summed E-state index contributed by atoms with van der Waals surface area (Å²) < 4.78 is 5.71. The predicted molar refractivity (Wildman–Crippen MR) is 69.0 cm³/mol. The van der Waals surface area contributed by atoms with E-state index in [1.54, 1.807) is 11.3 Å². The summed E-state index contributed by atoms with van der Waals surface area (Å²) in [5.74, 6) is 0. The van der Waals surface area contributed by atoms with Crippen molar-refractivity contribution in [1.82, 2.24) is 15.5 Å². The first-order valence-corrected chi connectivity index (χ1v) is 7.05. The summed E-state index contributed by atoms with van der Waals surface area (Å²) in [4.78, 5) is 0. The highest BCUT2D eigenvalue weighted by molar-refractivity contribution is 7.11. The van der Waals surface area contributed by atoms with Crippen molar-refractivity contribution in [3.05, 3.63) is 10.0 Å². The molecule has 1 unspecified atom stereocenters. The molecule has 1 aliphatic rings. The Balaban J connectivity index is 1.91. The number of rotatable bonds is 3. The average molecular weight is 255 g/mol. The van der Waals surface area contributed by atoms with Crippen LogP contribution in [0.25, 0.3) is 0 Å². The minimum atomic E-state index is 0.118. The van der Waals surface area contributed by atoms with Gasteiger partial charge in [0.05, 0.1) is 6.54 Å². The second-order valence-corrected chi connectivity index (χ2v) is 6.59. The first kappa shape index (κ1) is 12.9. The van der Waals surface area contributed by atoms with Gasteiger partial charge in [-0.2, -0.15) is 0 Å². The Bertz CT molecular complexity index is 353. The molecule has 1 aliphatic heterocycles. The third-order valence-corrected chi connectivity index (χ3v) is 3.72. The highest BCUT2D eigenvalue weighted by Gasteiger charge is 2.20. The van der Waals surface area contributed by atoms with Gasteiger partial charge in [-0.3, -0.25) is 0 Å². The van der Waals surface area contributed by atoms with Crippen LogP contribution in [-0.2, 0) is 11.3 Å². The Morgan fingerprint density at radius 3 is 2.82 bits per heavy atom.